The lowest BCUT2D eigenvalue weighted by atomic mass is 10.1. The smallest absolute Gasteiger partial charge is 0.244 e. The molecule has 0 N–H and O–H groups in total. The van der Waals surface area contributed by atoms with E-state index in [0.717, 1.165) is 35.2 Å². The van der Waals surface area contributed by atoms with Gasteiger partial charge in [0.2, 0.25) is 10.0 Å². The van der Waals surface area contributed by atoms with E-state index in [0.29, 0.717) is 17.2 Å². The van der Waals surface area contributed by atoms with Crippen LogP contribution in [-0.4, -0.2) is 24.4 Å². The molecule has 5 nitrogen and oxygen atoms in total. The van der Waals surface area contributed by atoms with E-state index in [-0.39, 0.29) is 12.0 Å². The Bertz CT molecular complexity index is 884. The molecule has 0 amide bonds. The standard InChI is InChI=1S/C19H26N2O3S/c1-12(2)16-11-18(24-20-16)17-7-6-8-21(17)25(22,23)19-10-14(4)13(3)9-15(19)5/h9-12,17H,6-8H2,1-5H3. The molecule has 0 aliphatic carbocycles. The first-order chi connectivity index (χ1) is 11.7. The molecule has 0 saturated carbocycles. The lowest BCUT2D eigenvalue weighted by molar-refractivity contribution is 0.295. The zero-order chi connectivity index (χ0) is 18.4. The molecule has 1 aromatic heterocycles. The molecule has 3 rings (SSSR count). The number of hydrogen-bond acceptors (Lipinski definition) is 4. The molecule has 2 aromatic rings. The van der Waals surface area contributed by atoms with Crippen molar-refractivity contribution < 1.29 is 12.9 Å². The highest BCUT2D eigenvalue weighted by molar-refractivity contribution is 7.89. The van der Waals surface area contributed by atoms with Gasteiger partial charge in [0.15, 0.2) is 5.76 Å². The number of hydrogen-bond donors (Lipinski definition) is 0. The fourth-order valence-corrected chi connectivity index (χ4v) is 5.34. The molecule has 0 radical (unpaired) electrons. The molecular formula is C19H26N2O3S. The Hall–Kier alpha value is -1.66. The number of benzene rings is 1. The molecule has 1 aliphatic rings. The van der Waals surface area contributed by atoms with Crippen LogP contribution in [0.25, 0.3) is 0 Å². The van der Waals surface area contributed by atoms with Crippen LogP contribution in [0.1, 0.15) is 66.8 Å². The van der Waals surface area contributed by atoms with Gasteiger partial charge in [-0.1, -0.05) is 25.1 Å². The molecule has 6 heteroatoms. The van der Waals surface area contributed by atoms with E-state index >= 15 is 0 Å². The van der Waals surface area contributed by atoms with Gasteiger partial charge in [-0.05, 0) is 62.3 Å². The molecule has 1 aliphatic heterocycles. The third kappa shape index (κ3) is 3.25. The monoisotopic (exact) mass is 362 g/mol. The molecule has 0 bridgehead atoms. The highest BCUT2D eigenvalue weighted by Gasteiger charge is 2.39. The summed E-state index contributed by atoms with van der Waals surface area (Å²) in [6.45, 7) is 10.4. The number of aryl methyl sites for hydroxylation is 3. The largest absolute Gasteiger partial charge is 0.359 e. The van der Waals surface area contributed by atoms with Gasteiger partial charge in [-0.2, -0.15) is 4.31 Å². The minimum Gasteiger partial charge on any atom is -0.359 e. The summed E-state index contributed by atoms with van der Waals surface area (Å²) in [6, 6.07) is 5.36. The molecule has 25 heavy (non-hydrogen) atoms. The van der Waals surface area contributed by atoms with Crippen LogP contribution in [0, 0.1) is 20.8 Å². The third-order valence-corrected chi connectivity index (χ3v) is 7.10. The van der Waals surface area contributed by atoms with E-state index in [1.54, 1.807) is 10.4 Å². The zero-order valence-corrected chi connectivity index (χ0v) is 16.4. The van der Waals surface area contributed by atoms with Crippen molar-refractivity contribution in [1.82, 2.24) is 9.46 Å². The molecule has 136 valence electrons. The van der Waals surface area contributed by atoms with Crippen molar-refractivity contribution in [3.8, 4) is 0 Å². The van der Waals surface area contributed by atoms with Crippen LogP contribution in [0.15, 0.2) is 27.6 Å². The predicted octanol–water partition coefficient (Wildman–Crippen LogP) is 4.25. The maximum absolute atomic E-state index is 13.3. The first-order valence-corrected chi connectivity index (χ1v) is 10.2. The van der Waals surface area contributed by atoms with Gasteiger partial charge < -0.3 is 4.52 Å². The molecule has 2 heterocycles. The highest BCUT2D eigenvalue weighted by Crippen LogP contribution is 2.38. The average molecular weight is 362 g/mol. The molecule has 0 spiro atoms. The Morgan fingerprint density at radius 3 is 2.44 bits per heavy atom. The Balaban J connectivity index is 2.00. The summed E-state index contributed by atoms with van der Waals surface area (Å²) < 4.78 is 33.7. The summed E-state index contributed by atoms with van der Waals surface area (Å²) in [7, 11) is -3.57. The van der Waals surface area contributed by atoms with Crippen LogP contribution < -0.4 is 0 Å². The van der Waals surface area contributed by atoms with E-state index in [9.17, 15) is 8.42 Å². The molecule has 1 saturated heterocycles. The highest BCUT2D eigenvalue weighted by atomic mass is 32.2. The predicted molar refractivity (Wildman–Crippen MR) is 97.1 cm³/mol. The first-order valence-electron chi connectivity index (χ1n) is 8.78. The van der Waals surface area contributed by atoms with Gasteiger partial charge in [-0.25, -0.2) is 8.42 Å². The maximum Gasteiger partial charge on any atom is 0.244 e. The van der Waals surface area contributed by atoms with Crippen LogP contribution in [0.3, 0.4) is 0 Å². The number of sulfonamides is 1. The van der Waals surface area contributed by atoms with E-state index in [4.69, 9.17) is 4.52 Å². The second-order valence-corrected chi connectivity index (χ2v) is 9.14. The second-order valence-electron chi connectivity index (χ2n) is 7.28. The van der Waals surface area contributed by atoms with Crippen LogP contribution in [0.2, 0.25) is 0 Å². The van der Waals surface area contributed by atoms with E-state index in [1.165, 1.54) is 0 Å². The average Bonchev–Trinajstić information content (AvgIpc) is 3.18. The topological polar surface area (TPSA) is 63.4 Å². The van der Waals surface area contributed by atoms with Gasteiger partial charge in [-0.15, -0.1) is 0 Å². The SMILES string of the molecule is Cc1cc(C)c(S(=O)(=O)N2CCCC2c2cc(C(C)C)no2)cc1C. The van der Waals surface area contributed by atoms with Crippen molar-refractivity contribution in [2.45, 2.75) is 64.3 Å². The quantitative estimate of drug-likeness (QED) is 0.816. The number of nitrogens with zero attached hydrogens (tertiary/aromatic N) is 2. The summed E-state index contributed by atoms with van der Waals surface area (Å²) in [5, 5.41) is 4.10. The van der Waals surface area contributed by atoms with Gasteiger partial charge in [0.05, 0.1) is 16.6 Å². The van der Waals surface area contributed by atoms with Crippen molar-refractivity contribution in [2.75, 3.05) is 6.54 Å². The summed E-state index contributed by atoms with van der Waals surface area (Å²) >= 11 is 0. The van der Waals surface area contributed by atoms with Crippen molar-refractivity contribution in [3.63, 3.8) is 0 Å². The maximum atomic E-state index is 13.3. The number of aromatic nitrogens is 1. The van der Waals surface area contributed by atoms with Gasteiger partial charge in [0, 0.05) is 12.6 Å². The minimum absolute atomic E-state index is 0.256. The lowest BCUT2D eigenvalue weighted by Crippen LogP contribution is -2.31. The van der Waals surface area contributed by atoms with Gasteiger partial charge >= 0.3 is 0 Å². The summed E-state index contributed by atoms with van der Waals surface area (Å²) in [5.41, 5.74) is 3.74. The van der Waals surface area contributed by atoms with Gasteiger partial charge in [0.1, 0.15) is 0 Å². The zero-order valence-electron chi connectivity index (χ0n) is 15.5. The molecular weight excluding hydrogens is 336 g/mol. The van der Waals surface area contributed by atoms with E-state index in [1.807, 2.05) is 46.8 Å². The second kappa shape index (κ2) is 6.57. The van der Waals surface area contributed by atoms with E-state index in [2.05, 4.69) is 5.16 Å². The lowest BCUT2D eigenvalue weighted by Gasteiger charge is -2.23. The Labute approximate surface area is 150 Å². The Morgan fingerprint density at radius 2 is 1.80 bits per heavy atom. The Kier molecular flexibility index (Phi) is 4.77. The first kappa shape index (κ1) is 18.1. The van der Waals surface area contributed by atoms with Gasteiger partial charge in [-0.3, -0.25) is 0 Å². The Morgan fingerprint density at radius 1 is 1.12 bits per heavy atom. The molecule has 1 unspecified atom stereocenters. The van der Waals surface area contributed by atoms with Crippen molar-refractivity contribution >= 4 is 10.0 Å². The molecule has 1 aromatic carbocycles. The summed E-state index contributed by atoms with van der Waals surface area (Å²) in [6.07, 6.45) is 1.58. The van der Waals surface area contributed by atoms with Crippen LogP contribution >= 0.6 is 0 Å². The molecule has 1 atom stereocenters. The van der Waals surface area contributed by atoms with Crippen molar-refractivity contribution in [1.29, 1.82) is 0 Å². The number of rotatable bonds is 4. The fourth-order valence-electron chi connectivity index (χ4n) is 3.38. The summed E-state index contributed by atoms with van der Waals surface area (Å²) in [5.74, 6) is 0.900. The van der Waals surface area contributed by atoms with Crippen LogP contribution in [-0.2, 0) is 10.0 Å². The summed E-state index contributed by atoms with van der Waals surface area (Å²) in [4.78, 5) is 0.395. The normalized spacial score (nSPS) is 19.0. The van der Waals surface area contributed by atoms with Crippen LogP contribution in [0.4, 0.5) is 0 Å². The van der Waals surface area contributed by atoms with Crippen molar-refractivity contribution in [2.24, 2.45) is 0 Å². The third-order valence-electron chi connectivity index (χ3n) is 5.05. The fraction of sp³-hybridized carbons (Fsp3) is 0.526. The van der Waals surface area contributed by atoms with Crippen LogP contribution in [0.5, 0.6) is 0 Å². The van der Waals surface area contributed by atoms with Crippen molar-refractivity contribution in [3.05, 3.63) is 46.3 Å². The molecule has 1 fully saturated rings. The van der Waals surface area contributed by atoms with E-state index < -0.39 is 10.0 Å². The minimum atomic E-state index is -3.57. The van der Waals surface area contributed by atoms with Gasteiger partial charge in [0.25, 0.3) is 0 Å².